The molecular formula is C20H22O3. The molecule has 2 bridgehead atoms. The summed E-state index contributed by atoms with van der Waals surface area (Å²) in [6.07, 6.45) is 3.45. The van der Waals surface area contributed by atoms with Gasteiger partial charge < -0.3 is 10.2 Å². The molecule has 3 heteroatoms. The molecule has 23 heavy (non-hydrogen) atoms. The molecule has 1 fully saturated rings. The van der Waals surface area contributed by atoms with Gasteiger partial charge in [0.2, 0.25) is 0 Å². The fourth-order valence-corrected chi connectivity index (χ4v) is 5.14. The zero-order chi connectivity index (χ0) is 16.3. The molecule has 0 unspecified atom stereocenters. The topological polar surface area (TPSA) is 57.5 Å². The smallest absolute Gasteiger partial charge is 0.164 e. The van der Waals surface area contributed by atoms with E-state index in [0.29, 0.717) is 18.3 Å². The summed E-state index contributed by atoms with van der Waals surface area (Å²) in [5.74, 6) is 1.53. The molecule has 1 aromatic carbocycles. The molecule has 4 rings (SSSR count). The van der Waals surface area contributed by atoms with E-state index in [4.69, 9.17) is 0 Å². The Hall–Kier alpha value is -1.87. The summed E-state index contributed by atoms with van der Waals surface area (Å²) in [5.41, 5.74) is 5.30. The summed E-state index contributed by atoms with van der Waals surface area (Å²) in [6, 6.07) is 5.28. The third kappa shape index (κ3) is 1.89. The van der Waals surface area contributed by atoms with Crippen LogP contribution in [0.1, 0.15) is 37.8 Å². The standard InChI is InChI=1S/C20H22O3/c1-3-12-10(2)14-7-17-15-6-11(22)4-5-13(15)20(17)19(23)8-16(12)18(14)9-21/h3-6,10,14,16,18,21-22H,7-9H2,1-2H3/b12-3-/t10-,14-,16-,18-/m0/s1. The number of hydrogen-bond acceptors (Lipinski definition) is 3. The van der Waals surface area contributed by atoms with E-state index >= 15 is 0 Å². The fraction of sp³-hybridized carbons (Fsp3) is 0.450. The van der Waals surface area contributed by atoms with Gasteiger partial charge in [-0.3, -0.25) is 4.79 Å². The molecule has 0 spiro atoms. The third-order valence-corrected chi connectivity index (χ3v) is 6.23. The molecule has 0 aromatic heterocycles. The number of hydrogen-bond donors (Lipinski definition) is 2. The Morgan fingerprint density at radius 3 is 2.74 bits per heavy atom. The van der Waals surface area contributed by atoms with Crippen molar-refractivity contribution < 1.29 is 15.0 Å². The number of fused-ring (bicyclic) bond motifs is 5. The normalized spacial score (nSPS) is 33.9. The Morgan fingerprint density at radius 1 is 1.26 bits per heavy atom. The van der Waals surface area contributed by atoms with Crippen molar-refractivity contribution in [1.29, 1.82) is 0 Å². The minimum absolute atomic E-state index is 0.139. The lowest BCUT2D eigenvalue weighted by atomic mass is 9.69. The average Bonchev–Trinajstić information content (AvgIpc) is 2.77. The minimum Gasteiger partial charge on any atom is -0.508 e. The number of benzene rings is 1. The molecule has 3 aliphatic rings. The van der Waals surface area contributed by atoms with Crippen LogP contribution in [0.3, 0.4) is 0 Å². The van der Waals surface area contributed by atoms with Crippen LogP contribution in [0.5, 0.6) is 5.75 Å². The number of aliphatic hydroxyl groups excluding tert-OH is 1. The summed E-state index contributed by atoms with van der Waals surface area (Å²) in [5, 5.41) is 19.7. The second-order valence-electron chi connectivity index (χ2n) is 7.11. The van der Waals surface area contributed by atoms with E-state index in [0.717, 1.165) is 28.7 Å². The molecule has 3 aliphatic carbocycles. The summed E-state index contributed by atoms with van der Waals surface area (Å²) < 4.78 is 0. The van der Waals surface area contributed by atoms with Crippen LogP contribution in [0.25, 0.3) is 11.1 Å². The Bertz CT molecular complexity index is 756. The number of carbonyl (C=O) groups excluding carboxylic acids is 1. The zero-order valence-electron chi connectivity index (χ0n) is 13.5. The van der Waals surface area contributed by atoms with Crippen molar-refractivity contribution >= 4 is 16.9 Å². The van der Waals surface area contributed by atoms with Crippen LogP contribution in [0, 0.1) is 23.7 Å². The first-order valence-electron chi connectivity index (χ1n) is 8.43. The van der Waals surface area contributed by atoms with Crippen molar-refractivity contribution in [1.82, 2.24) is 0 Å². The van der Waals surface area contributed by atoms with E-state index in [1.165, 1.54) is 5.57 Å². The molecular weight excluding hydrogens is 288 g/mol. The highest BCUT2D eigenvalue weighted by molar-refractivity contribution is 6.34. The van der Waals surface area contributed by atoms with Gasteiger partial charge in [-0.05, 0) is 71.9 Å². The Labute approximate surface area is 136 Å². The number of phenolic OH excluding ortho intramolecular Hbond substituents is 1. The van der Waals surface area contributed by atoms with E-state index in [1.807, 2.05) is 13.0 Å². The molecule has 2 N–H and O–H groups in total. The van der Waals surface area contributed by atoms with Crippen molar-refractivity contribution in [3.05, 3.63) is 41.0 Å². The van der Waals surface area contributed by atoms with E-state index < -0.39 is 0 Å². The van der Waals surface area contributed by atoms with Gasteiger partial charge in [-0.2, -0.15) is 0 Å². The van der Waals surface area contributed by atoms with Crippen molar-refractivity contribution in [3.8, 4) is 5.75 Å². The predicted molar refractivity (Wildman–Crippen MR) is 89.6 cm³/mol. The predicted octanol–water partition coefficient (Wildman–Crippen LogP) is 3.42. The number of Topliss-reactive ketones (excluding diaryl/α,β-unsaturated/α-hetero) is 1. The van der Waals surface area contributed by atoms with Gasteiger partial charge in [0.25, 0.3) is 0 Å². The average molecular weight is 310 g/mol. The van der Waals surface area contributed by atoms with E-state index in [-0.39, 0.29) is 30.0 Å². The summed E-state index contributed by atoms with van der Waals surface area (Å²) in [7, 11) is 0. The van der Waals surface area contributed by atoms with E-state index in [2.05, 4.69) is 13.0 Å². The highest BCUT2D eigenvalue weighted by atomic mass is 16.3. The maximum absolute atomic E-state index is 12.9. The number of aromatic hydroxyl groups is 1. The SMILES string of the molecule is C/C=C1/[C@H](C)[C@@H]2CC3=C(C(=O)C[C@@H]1[C@H]2CO)c1ccc(O)cc13. The van der Waals surface area contributed by atoms with Crippen molar-refractivity contribution in [2.45, 2.75) is 26.7 Å². The number of phenols is 1. The van der Waals surface area contributed by atoms with Crippen LogP contribution in [0.15, 0.2) is 29.8 Å². The summed E-state index contributed by atoms with van der Waals surface area (Å²) in [4.78, 5) is 12.9. The molecule has 1 aromatic rings. The maximum Gasteiger partial charge on any atom is 0.164 e. The van der Waals surface area contributed by atoms with Gasteiger partial charge in [-0.1, -0.05) is 18.6 Å². The minimum atomic E-state index is 0.139. The quantitative estimate of drug-likeness (QED) is 0.782. The number of rotatable bonds is 1. The van der Waals surface area contributed by atoms with Crippen molar-refractivity contribution in [2.75, 3.05) is 6.61 Å². The van der Waals surface area contributed by atoms with Crippen LogP contribution < -0.4 is 0 Å². The van der Waals surface area contributed by atoms with Gasteiger partial charge in [0, 0.05) is 18.6 Å². The Balaban J connectivity index is 1.82. The van der Waals surface area contributed by atoms with Crippen molar-refractivity contribution in [3.63, 3.8) is 0 Å². The van der Waals surface area contributed by atoms with Crippen LogP contribution in [-0.2, 0) is 4.79 Å². The van der Waals surface area contributed by atoms with Gasteiger partial charge in [0.15, 0.2) is 5.78 Å². The molecule has 1 saturated carbocycles. The van der Waals surface area contributed by atoms with Gasteiger partial charge in [-0.15, -0.1) is 0 Å². The first kappa shape index (κ1) is 14.7. The zero-order valence-corrected chi connectivity index (χ0v) is 13.5. The number of aliphatic hydroxyl groups is 1. The molecule has 0 radical (unpaired) electrons. The lowest BCUT2D eigenvalue weighted by molar-refractivity contribution is -0.114. The van der Waals surface area contributed by atoms with Gasteiger partial charge in [0.05, 0.1) is 0 Å². The molecule has 3 nitrogen and oxygen atoms in total. The molecule has 0 saturated heterocycles. The van der Waals surface area contributed by atoms with Gasteiger partial charge in [-0.25, -0.2) is 0 Å². The highest BCUT2D eigenvalue weighted by Crippen LogP contribution is 2.56. The number of ketones is 1. The van der Waals surface area contributed by atoms with Crippen LogP contribution in [0.2, 0.25) is 0 Å². The Morgan fingerprint density at radius 2 is 2.04 bits per heavy atom. The second-order valence-corrected chi connectivity index (χ2v) is 7.11. The Kier molecular flexibility index (Phi) is 3.24. The van der Waals surface area contributed by atoms with E-state index in [1.54, 1.807) is 12.1 Å². The van der Waals surface area contributed by atoms with E-state index in [9.17, 15) is 15.0 Å². The molecule has 4 atom stereocenters. The summed E-state index contributed by atoms with van der Waals surface area (Å²) in [6.45, 7) is 4.40. The van der Waals surface area contributed by atoms with Crippen LogP contribution >= 0.6 is 0 Å². The first-order valence-corrected chi connectivity index (χ1v) is 8.43. The molecule has 0 aliphatic heterocycles. The number of allylic oxidation sites excluding steroid dienone is 4. The first-order chi connectivity index (χ1) is 11.1. The fourth-order valence-electron chi connectivity index (χ4n) is 5.14. The lowest BCUT2D eigenvalue weighted by Crippen LogP contribution is -2.28. The molecule has 0 heterocycles. The largest absolute Gasteiger partial charge is 0.508 e. The highest BCUT2D eigenvalue weighted by Gasteiger charge is 2.48. The maximum atomic E-state index is 12.9. The third-order valence-electron chi connectivity index (χ3n) is 6.23. The number of carbonyl (C=O) groups is 1. The van der Waals surface area contributed by atoms with Gasteiger partial charge >= 0.3 is 0 Å². The second kappa shape index (κ2) is 5.07. The van der Waals surface area contributed by atoms with Gasteiger partial charge in [0.1, 0.15) is 5.75 Å². The molecule has 120 valence electrons. The van der Waals surface area contributed by atoms with Crippen LogP contribution in [-0.4, -0.2) is 22.6 Å². The van der Waals surface area contributed by atoms with Crippen LogP contribution in [0.4, 0.5) is 0 Å². The molecule has 0 amide bonds. The lowest BCUT2D eigenvalue weighted by Gasteiger charge is -2.34. The summed E-state index contributed by atoms with van der Waals surface area (Å²) >= 11 is 0. The van der Waals surface area contributed by atoms with Crippen molar-refractivity contribution in [2.24, 2.45) is 23.7 Å². The monoisotopic (exact) mass is 310 g/mol.